The van der Waals surface area contributed by atoms with Crippen LogP contribution in [0, 0.1) is 5.82 Å². The number of nitrogens with zero attached hydrogens (tertiary/aromatic N) is 1. The second-order valence-corrected chi connectivity index (χ2v) is 4.21. The summed E-state index contributed by atoms with van der Waals surface area (Å²) in [6.07, 6.45) is 6.51. The van der Waals surface area contributed by atoms with E-state index in [2.05, 4.69) is 24.1 Å². The summed E-state index contributed by atoms with van der Waals surface area (Å²) in [4.78, 5) is 4.01. The van der Waals surface area contributed by atoms with E-state index < -0.39 is 0 Å². The maximum Gasteiger partial charge on any atom is 0.146 e. The highest BCUT2D eigenvalue weighted by atomic mass is 19.1. The molecule has 1 atom stereocenters. The summed E-state index contributed by atoms with van der Waals surface area (Å²) in [5.74, 6) is -0.226. The SMILES string of the molecule is CCCCCC(C)NCc1ncccc1F. The van der Waals surface area contributed by atoms with E-state index in [-0.39, 0.29) is 5.82 Å². The lowest BCUT2D eigenvalue weighted by Gasteiger charge is -2.13. The zero-order valence-electron chi connectivity index (χ0n) is 10.2. The van der Waals surface area contributed by atoms with Crippen LogP contribution in [0.15, 0.2) is 18.3 Å². The highest BCUT2D eigenvalue weighted by Gasteiger charge is 2.05. The predicted molar refractivity (Wildman–Crippen MR) is 64.6 cm³/mol. The fourth-order valence-corrected chi connectivity index (χ4v) is 1.62. The van der Waals surface area contributed by atoms with Gasteiger partial charge in [0.25, 0.3) is 0 Å². The Morgan fingerprint density at radius 1 is 1.44 bits per heavy atom. The lowest BCUT2D eigenvalue weighted by molar-refractivity contribution is 0.474. The molecule has 0 fully saturated rings. The van der Waals surface area contributed by atoms with Crippen LogP contribution in [0.5, 0.6) is 0 Å². The van der Waals surface area contributed by atoms with E-state index in [1.807, 2.05) is 0 Å². The molecule has 0 spiro atoms. The summed E-state index contributed by atoms with van der Waals surface area (Å²) in [5, 5.41) is 3.30. The number of rotatable bonds is 7. The van der Waals surface area contributed by atoms with Crippen LogP contribution >= 0.6 is 0 Å². The van der Waals surface area contributed by atoms with Crippen molar-refractivity contribution >= 4 is 0 Å². The number of hydrogen-bond donors (Lipinski definition) is 1. The number of pyridine rings is 1. The summed E-state index contributed by atoms with van der Waals surface area (Å²) in [6.45, 7) is 4.85. The zero-order chi connectivity index (χ0) is 11.8. The van der Waals surface area contributed by atoms with Crippen LogP contribution in [0.25, 0.3) is 0 Å². The van der Waals surface area contributed by atoms with Crippen LogP contribution in [0.4, 0.5) is 4.39 Å². The fourth-order valence-electron chi connectivity index (χ4n) is 1.62. The Labute approximate surface area is 97.3 Å². The molecular formula is C13H21FN2. The molecule has 0 aliphatic carbocycles. The van der Waals surface area contributed by atoms with Crippen LogP contribution in [0.2, 0.25) is 0 Å². The Bertz CT molecular complexity index is 302. The quantitative estimate of drug-likeness (QED) is 0.719. The molecule has 1 heterocycles. The number of nitrogens with one attached hydrogen (secondary N) is 1. The van der Waals surface area contributed by atoms with Crippen molar-refractivity contribution in [2.45, 2.75) is 52.1 Å². The lowest BCUT2D eigenvalue weighted by Crippen LogP contribution is -2.26. The van der Waals surface area contributed by atoms with Gasteiger partial charge in [-0.25, -0.2) is 4.39 Å². The summed E-state index contributed by atoms with van der Waals surface area (Å²) < 4.78 is 13.2. The summed E-state index contributed by atoms with van der Waals surface area (Å²) in [7, 11) is 0. The number of hydrogen-bond acceptors (Lipinski definition) is 2. The molecule has 3 heteroatoms. The Hall–Kier alpha value is -0.960. The number of aromatic nitrogens is 1. The van der Waals surface area contributed by atoms with Crippen molar-refractivity contribution in [3.05, 3.63) is 29.8 Å². The highest BCUT2D eigenvalue weighted by Crippen LogP contribution is 2.05. The van der Waals surface area contributed by atoms with Crippen LogP contribution in [-0.4, -0.2) is 11.0 Å². The third kappa shape index (κ3) is 4.71. The average Bonchev–Trinajstić information content (AvgIpc) is 2.28. The maximum absolute atomic E-state index is 13.2. The van der Waals surface area contributed by atoms with Gasteiger partial charge in [0.05, 0.1) is 5.69 Å². The molecule has 1 unspecified atom stereocenters. The molecule has 0 aliphatic heterocycles. The van der Waals surface area contributed by atoms with Gasteiger partial charge in [0.15, 0.2) is 0 Å². The van der Waals surface area contributed by atoms with Gasteiger partial charge in [0.2, 0.25) is 0 Å². The van der Waals surface area contributed by atoms with E-state index in [1.54, 1.807) is 12.3 Å². The topological polar surface area (TPSA) is 24.9 Å². The molecule has 1 N–H and O–H groups in total. The zero-order valence-corrected chi connectivity index (χ0v) is 10.2. The van der Waals surface area contributed by atoms with Gasteiger partial charge < -0.3 is 5.32 Å². The first-order valence-electron chi connectivity index (χ1n) is 6.06. The third-order valence-corrected chi connectivity index (χ3v) is 2.69. The minimum absolute atomic E-state index is 0.226. The average molecular weight is 224 g/mol. The van der Waals surface area contributed by atoms with E-state index in [0.717, 1.165) is 6.42 Å². The van der Waals surface area contributed by atoms with Gasteiger partial charge in [-0.2, -0.15) is 0 Å². The van der Waals surface area contributed by atoms with Crippen molar-refractivity contribution < 1.29 is 4.39 Å². The van der Waals surface area contributed by atoms with Crippen molar-refractivity contribution in [1.29, 1.82) is 0 Å². The molecule has 0 saturated heterocycles. The van der Waals surface area contributed by atoms with E-state index in [9.17, 15) is 4.39 Å². The van der Waals surface area contributed by atoms with Crippen LogP contribution in [-0.2, 0) is 6.54 Å². The maximum atomic E-state index is 13.2. The first-order chi connectivity index (χ1) is 7.74. The van der Waals surface area contributed by atoms with Gasteiger partial charge in [0.1, 0.15) is 5.82 Å². The van der Waals surface area contributed by atoms with Gasteiger partial charge in [-0.3, -0.25) is 4.98 Å². The van der Waals surface area contributed by atoms with E-state index in [0.29, 0.717) is 18.3 Å². The van der Waals surface area contributed by atoms with Gasteiger partial charge in [-0.1, -0.05) is 26.2 Å². The molecule has 1 aromatic rings. The molecule has 0 saturated carbocycles. The van der Waals surface area contributed by atoms with Crippen LogP contribution < -0.4 is 5.32 Å². The first-order valence-corrected chi connectivity index (χ1v) is 6.06. The molecule has 0 aliphatic rings. The van der Waals surface area contributed by atoms with Crippen molar-refractivity contribution in [2.24, 2.45) is 0 Å². The van der Waals surface area contributed by atoms with Gasteiger partial charge in [-0.15, -0.1) is 0 Å². The highest BCUT2D eigenvalue weighted by molar-refractivity contribution is 5.06. The molecule has 0 bridgehead atoms. The second-order valence-electron chi connectivity index (χ2n) is 4.21. The standard InChI is InChI=1S/C13H21FN2/c1-3-4-5-7-11(2)16-10-13-12(14)8-6-9-15-13/h6,8-9,11,16H,3-5,7,10H2,1-2H3. The van der Waals surface area contributed by atoms with E-state index in [1.165, 1.54) is 25.3 Å². The Kier molecular flexibility index (Phi) is 6.01. The lowest BCUT2D eigenvalue weighted by atomic mass is 10.1. The molecule has 0 aromatic carbocycles. The summed E-state index contributed by atoms with van der Waals surface area (Å²) in [6, 6.07) is 3.49. The molecule has 0 radical (unpaired) electrons. The normalized spacial score (nSPS) is 12.7. The van der Waals surface area contributed by atoms with Crippen molar-refractivity contribution in [3.8, 4) is 0 Å². The monoisotopic (exact) mass is 224 g/mol. The van der Waals surface area contributed by atoms with E-state index in [4.69, 9.17) is 0 Å². The number of halogens is 1. The fraction of sp³-hybridized carbons (Fsp3) is 0.615. The summed E-state index contributed by atoms with van der Waals surface area (Å²) >= 11 is 0. The first kappa shape index (κ1) is 13.1. The molecule has 2 nitrogen and oxygen atoms in total. The molecule has 0 amide bonds. The Morgan fingerprint density at radius 2 is 2.25 bits per heavy atom. The van der Waals surface area contributed by atoms with Gasteiger partial charge >= 0.3 is 0 Å². The molecule has 90 valence electrons. The molecular weight excluding hydrogens is 203 g/mol. The van der Waals surface area contributed by atoms with Crippen LogP contribution in [0.3, 0.4) is 0 Å². The number of unbranched alkanes of at least 4 members (excludes halogenated alkanes) is 2. The van der Waals surface area contributed by atoms with E-state index >= 15 is 0 Å². The second kappa shape index (κ2) is 7.34. The van der Waals surface area contributed by atoms with Crippen molar-refractivity contribution in [3.63, 3.8) is 0 Å². The van der Waals surface area contributed by atoms with Gasteiger partial charge in [0, 0.05) is 18.8 Å². The summed E-state index contributed by atoms with van der Waals surface area (Å²) in [5.41, 5.74) is 0.504. The van der Waals surface area contributed by atoms with Crippen molar-refractivity contribution in [2.75, 3.05) is 0 Å². The predicted octanol–water partition coefficient (Wildman–Crippen LogP) is 3.28. The molecule has 1 rings (SSSR count). The van der Waals surface area contributed by atoms with Crippen molar-refractivity contribution in [1.82, 2.24) is 10.3 Å². The van der Waals surface area contributed by atoms with Crippen LogP contribution in [0.1, 0.15) is 45.2 Å². The Morgan fingerprint density at radius 3 is 2.94 bits per heavy atom. The minimum Gasteiger partial charge on any atom is -0.309 e. The minimum atomic E-state index is -0.226. The third-order valence-electron chi connectivity index (χ3n) is 2.69. The molecule has 16 heavy (non-hydrogen) atoms. The Balaban J connectivity index is 2.26. The van der Waals surface area contributed by atoms with Gasteiger partial charge in [-0.05, 0) is 25.5 Å². The smallest absolute Gasteiger partial charge is 0.146 e. The largest absolute Gasteiger partial charge is 0.309 e. The molecule has 1 aromatic heterocycles.